The highest BCUT2D eigenvalue weighted by Crippen LogP contribution is 2.53. The fourth-order valence-electron chi connectivity index (χ4n) is 1.65. The molecule has 2 N–H and O–H groups in total. The molecule has 1 aliphatic rings. The summed E-state index contributed by atoms with van der Waals surface area (Å²) in [7, 11) is -2.92. The first-order chi connectivity index (χ1) is 8.19. The number of aromatic nitrogens is 2. The summed E-state index contributed by atoms with van der Waals surface area (Å²) in [5.41, 5.74) is 0.487. The van der Waals surface area contributed by atoms with E-state index in [0.29, 0.717) is 16.8 Å². The van der Waals surface area contributed by atoms with Crippen molar-refractivity contribution < 1.29 is 4.57 Å². The van der Waals surface area contributed by atoms with Crippen LogP contribution in [0, 0.1) is 0 Å². The van der Waals surface area contributed by atoms with Gasteiger partial charge in [-0.1, -0.05) is 29.8 Å². The van der Waals surface area contributed by atoms with Crippen LogP contribution in [0.5, 0.6) is 0 Å². The molecule has 17 heavy (non-hydrogen) atoms. The van der Waals surface area contributed by atoms with E-state index in [1.165, 1.54) is 6.33 Å². The van der Waals surface area contributed by atoms with Crippen LogP contribution in [0.4, 0.5) is 11.5 Å². The highest BCUT2D eigenvalue weighted by Gasteiger charge is 2.34. The fourth-order valence-corrected chi connectivity index (χ4v) is 3.80. The molecule has 2 aromatic rings. The van der Waals surface area contributed by atoms with Crippen molar-refractivity contribution in [1.82, 2.24) is 9.97 Å². The van der Waals surface area contributed by atoms with Gasteiger partial charge in [-0.2, -0.15) is 0 Å². The first-order valence-corrected chi connectivity index (χ1v) is 7.00. The molecule has 1 atom stereocenters. The van der Waals surface area contributed by atoms with E-state index >= 15 is 0 Å². The third-order valence-electron chi connectivity index (χ3n) is 2.45. The Bertz CT molecular complexity index is 619. The van der Waals surface area contributed by atoms with Gasteiger partial charge in [0.1, 0.15) is 12.0 Å². The smallest absolute Gasteiger partial charge is 0.289 e. The SMILES string of the molecule is O=[P@]1(c2ccccc2)Nc2ncnc(Cl)c2N1. The van der Waals surface area contributed by atoms with E-state index < -0.39 is 7.44 Å². The molecule has 3 rings (SSSR count). The van der Waals surface area contributed by atoms with Crippen molar-refractivity contribution in [3.05, 3.63) is 41.8 Å². The second-order valence-electron chi connectivity index (χ2n) is 3.56. The Hall–Kier alpha value is -1.58. The van der Waals surface area contributed by atoms with E-state index in [9.17, 15) is 4.57 Å². The molecular formula is C10H8ClN4OP. The number of hydrogen-bond acceptors (Lipinski definition) is 3. The number of halogens is 1. The Morgan fingerprint density at radius 2 is 1.88 bits per heavy atom. The molecule has 0 amide bonds. The van der Waals surface area contributed by atoms with E-state index in [-0.39, 0.29) is 5.15 Å². The van der Waals surface area contributed by atoms with Crippen LogP contribution in [0.15, 0.2) is 36.7 Å². The summed E-state index contributed by atoms with van der Waals surface area (Å²) in [5, 5.41) is 6.70. The van der Waals surface area contributed by atoms with Crippen LogP contribution in [-0.4, -0.2) is 9.97 Å². The topological polar surface area (TPSA) is 66.9 Å². The zero-order valence-electron chi connectivity index (χ0n) is 8.59. The third kappa shape index (κ3) is 1.68. The molecule has 0 aliphatic carbocycles. The molecule has 7 heteroatoms. The molecule has 0 fully saturated rings. The zero-order valence-corrected chi connectivity index (χ0v) is 10.2. The zero-order chi connectivity index (χ0) is 11.9. The highest BCUT2D eigenvalue weighted by molar-refractivity contribution is 7.74. The molecule has 0 radical (unpaired) electrons. The molecule has 0 saturated heterocycles. The Morgan fingerprint density at radius 1 is 1.12 bits per heavy atom. The average molecular weight is 267 g/mol. The van der Waals surface area contributed by atoms with E-state index in [1.807, 2.05) is 18.2 Å². The molecule has 5 nitrogen and oxygen atoms in total. The van der Waals surface area contributed by atoms with Crippen LogP contribution in [0.25, 0.3) is 0 Å². The van der Waals surface area contributed by atoms with Crippen LogP contribution in [0.3, 0.4) is 0 Å². The van der Waals surface area contributed by atoms with Gasteiger partial charge in [0.15, 0.2) is 11.0 Å². The van der Waals surface area contributed by atoms with Crippen molar-refractivity contribution in [2.45, 2.75) is 0 Å². The van der Waals surface area contributed by atoms with Gasteiger partial charge in [0.2, 0.25) is 0 Å². The molecule has 0 spiro atoms. The van der Waals surface area contributed by atoms with Gasteiger partial charge in [0.25, 0.3) is 7.44 Å². The maximum atomic E-state index is 12.7. The minimum atomic E-state index is -2.92. The number of nitrogens with one attached hydrogen (secondary N) is 2. The molecule has 2 heterocycles. The monoisotopic (exact) mass is 266 g/mol. The Balaban J connectivity index is 2.07. The van der Waals surface area contributed by atoms with Crippen molar-refractivity contribution in [2.24, 2.45) is 0 Å². The number of benzene rings is 1. The summed E-state index contributed by atoms with van der Waals surface area (Å²) in [6.07, 6.45) is 1.33. The number of nitrogens with zero attached hydrogens (tertiary/aromatic N) is 2. The summed E-state index contributed by atoms with van der Waals surface area (Å²) >= 11 is 5.91. The van der Waals surface area contributed by atoms with Gasteiger partial charge >= 0.3 is 0 Å². The predicted molar refractivity (Wildman–Crippen MR) is 68.0 cm³/mol. The second-order valence-corrected chi connectivity index (χ2v) is 6.10. The minimum Gasteiger partial charge on any atom is -0.311 e. The van der Waals surface area contributed by atoms with Crippen molar-refractivity contribution >= 4 is 35.9 Å². The standard InChI is InChI=1S/C10H8ClN4OP/c11-9-8-10(13-6-12-9)15-17(16,14-8)7-4-2-1-3-5-7/h1-6H,(H2,12,13,14,15,16)/t17-/m0/s1. The minimum absolute atomic E-state index is 0.260. The van der Waals surface area contributed by atoms with Crippen LogP contribution in [0.2, 0.25) is 5.15 Å². The van der Waals surface area contributed by atoms with Gasteiger partial charge in [-0.3, -0.25) is 9.65 Å². The molecule has 1 aromatic heterocycles. The van der Waals surface area contributed by atoms with Gasteiger partial charge in [0.05, 0.1) is 5.30 Å². The molecule has 0 saturated carbocycles. The summed E-state index contributed by atoms with van der Waals surface area (Å²) in [5.74, 6) is 0.470. The Kier molecular flexibility index (Phi) is 2.31. The molecule has 0 bridgehead atoms. The number of rotatable bonds is 1. The summed E-state index contributed by atoms with van der Waals surface area (Å²) in [4.78, 5) is 7.84. The first kappa shape index (κ1) is 10.6. The lowest BCUT2D eigenvalue weighted by molar-refractivity contribution is 0.588. The normalized spacial score (nSPS) is 21.5. The van der Waals surface area contributed by atoms with Crippen LogP contribution < -0.4 is 15.5 Å². The number of anilines is 2. The van der Waals surface area contributed by atoms with Gasteiger partial charge in [-0.15, -0.1) is 0 Å². The van der Waals surface area contributed by atoms with E-state index in [0.717, 1.165) is 0 Å². The highest BCUT2D eigenvalue weighted by atomic mass is 35.5. The summed E-state index contributed by atoms with van der Waals surface area (Å²) in [6, 6.07) is 9.09. The average Bonchev–Trinajstić information content (AvgIpc) is 2.70. The number of fused-ring (bicyclic) bond motifs is 1. The quantitative estimate of drug-likeness (QED) is 0.613. The largest absolute Gasteiger partial charge is 0.311 e. The lowest BCUT2D eigenvalue weighted by Gasteiger charge is -2.12. The molecule has 0 unspecified atom stereocenters. The van der Waals surface area contributed by atoms with Gasteiger partial charge in [-0.25, -0.2) is 9.97 Å². The molecule has 1 aromatic carbocycles. The fraction of sp³-hybridized carbons (Fsp3) is 0. The maximum Gasteiger partial charge on any atom is 0.289 e. The predicted octanol–water partition coefficient (Wildman–Crippen LogP) is 2.49. The maximum absolute atomic E-state index is 12.7. The van der Waals surface area contributed by atoms with Crippen LogP contribution in [0.1, 0.15) is 0 Å². The second kappa shape index (κ2) is 3.72. The van der Waals surface area contributed by atoms with Crippen LogP contribution in [-0.2, 0) is 4.57 Å². The summed E-state index contributed by atoms with van der Waals surface area (Å²) < 4.78 is 12.7. The lowest BCUT2D eigenvalue weighted by Crippen LogP contribution is -2.12. The van der Waals surface area contributed by atoms with E-state index in [4.69, 9.17) is 11.6 Å². The Labute approximate surface area is 103 Å². The van der Waals surface area contributed by atoms with Gasteiger partial charge in [-0.05, 0) is 12.1 Å². The molecule has 86 valence electrons. The lowest BCUT2D eigenvalue weighted by atomic mass is 10.4. The molecular weight excluding hydrogens is 259 g/mol. The Morgan fingerprint density at radius 3 is 2.59 bits per heavy atom. The first-order valence-electron chi connectivity index (χ1n) is 4.92. The van der Waals surface area contributed by atoms with Crippen molar-refractivity contribution in [3.63, 3.8) is 0 Å². The van der Waals surface area contributed by atoms with Crippen molar-refractivity contribution in [3.8, 4) is 0 Å². The number of hydrogen-bond donors (Lipinski definition) is 2. The van der Waals surface area contributed by atoms with Crippen LogP contribution >= 0.6 is 19.0 Å². The van der Waals surface area contributed by atoms with Gasteiger partial charge < -0.3 is 5.09 Å². The van der Waals surface area contributed by atoms with Gasteiger partial charge in [0, 0.05) is 0 Å². The summed E-state index contributed by atoms with van der Waals surface area (Å²) in [6.45, 7) is 0. The van der Waals surface area contributed by atoms with Crippen molar-refractivity contribution in [1.29, 1.82) is 0 Å². The molecule has 1 aliphatic heterocycles. The van der Waals surface area contributed by atoms with Crippen molar-refractivity contribution in [2.75, 3.05) is 10.2 Å². The van der Waals surface area contributed by atoms with E-state index in [1.54, 1.807) is 12.1 Å². The third-order valence-corrected chi connectivity index (χ3v) is 4.83. The van der Waals surface area contributed by atoms with E-state index in [2.05, 4.69) is 20.1 Å².